The number of halogens is 1. The number of ether oxygens (including phenoxy) is 1. The van der Waals surface area contributed by atoms with Gasteiger partial charge in [0.25, 0.3) is 0 Å². The zero-order valence-corrected chi connectivity index (χ0v) is 23.3. The molecule has 0 radical (unpaired) electrons. The second-order valence-electron chi connectivity index (χ2n) is 11.5. The first-order valence-corrected chi connectivity index (χ1v) is 13.8. The van der Waals surface area contributed by atoms with E-state index in [9.17, 15) is 9.18 Å². The minimum absolute atomic E-state index is 0.0551. The summed E-state index contributed by atoms with van der Waals surface area (Å²) in [4.78, 5) is 17.3. The molecule has 1 fully saturated rings. The van der Waals surface area contributed by atoms with Crippen LogP contribution in [0.25, 0.3) is 5.57 Å². The molecule has 1 saturated heterocycles. The second-order valence-corrected chi connectivity index (χ2v) is 11.5. The maximum Gasteiger partial charge on any atom is 0.346 e. The third-order valence-corrected chi connectivity index (χ3v) is 7.54. The summed E-state index contributed by atoms with van der Waals surface area (Å²) in [5, 5.41) is 7.80. The number of aryl methyl sites for hydroxylation is 2. The third-order valence-electron chi connectivity index (χ3n) is 7.54. The van der Waals surface area contributed by atoms with Gasteiger partial charge in [-0.15, -0.1) is 0 Å². The molecular weight excluding hydrogens is 493 g/mol. The largest absolute Gasteiger partial charge is 0.374 e. The van der Waals surface area contributed by atoms with Crippen LogP contribution in [0.2, 0.25) is 0 Å². The molecule has 2 aliphatic rings. The van der Waals surface area contributed by atoms with Crippen LogP contribution in [0.4, 0.5) is 4.39 Å². The van der Waals surface area contributed by atoms with Crippen molar-refractivity contribution in [1.29, 1.82) is 0 Å². The molecule has 1 aromatic heterocycles. The van der Waals surface area contributed by atoms with E-state index in [2.05, 4.69) is 79.6 Å². The molecule has 0 saturated carbocycles. The molecule has 7 nitrogen and oxygen atoms in total. The third kappa shape index (κ3) is 5.91. The zero-order valence-electron chi connectivity index (χ0n) is 23.3. The van der Waals surface area contributed by atoms with Gasteiger partial charge in [-0.25, -0.2) is 18.9 Å². The van der Waals surface area contributed by atoms with Crippen LogP contribution >= 0.6 is 0 Å². The predicted octanol–water partition coefficient (Wildman–Crippen LogP) is 4.67. The lowest BCUT2D eigenvalue weighted by Crippen LogP contribution is -2.57. The van der Waals surface area contributed by atoms with Crippen LogP contribution < -0.4 is 11.0 Å². The summed E-state index contributed by atoms with van der Waals surface area (Å²) < 4.78 is 22.8. The Kier molecular flexibility index (Phi) is 7.58. The standard InChI is InChI=1S/C31H38FN5O2/c1-5-36-27(35-37(29(36)38)19-23-11-15-26(16-12-23)30(2,3)4)8-6-7-22-9-13-24(14-10-22)25-17-33-28(34-18-25)31(32)20-39-21-31/h9-17H,5-8,18-21H2,1-4H3,(H,33,34). The topological polar surface area (TPSA) is 73.4 Å². The van der Waals surface area contributed by atoms with E-state index in [4.69, 9.17) is 9.84 Å². The maximum absolute atomic E-state index is 14.5. The highest BCUT2D eigenvalue weighted by molar-refractivity contribution is 5.95. The van der Waals surface area contributed by atoms with Gasteiger partial charge >= 0.3 is 5.69 Å². The zero-order chi connectivity index (χ0) is 27.6. The number of alkyl halides is 1. The van der Waals surface area contributed by atoms with E-state index in [0.717, 1.165) is 41.8 Å². The monoisotopic (exact) mass is 531 g/mol. The molecule has 3 heterocycles. The Hall–Kier alpha value is -3.52. The lowest BCUT2D eigenvalue weighted by Gasteiger charge is -2.35. The van der Waals surface area contributed by atoms with Gasteiger partial charge in [0.05, 0.1) is 19.8 Å². The normalized spacial score (nSPS) is 16.7. The van der Waals surface area contributed by atoms with Crippen molar-refractivity contribution in [3.63, 3.8) is 0 Å². The van der Waals surface area contributed by atoms with Crippen LogP contribution in [0.1, 0.15) is 62.2 Å². The molecular formula is C31H38FN5O2. The van der Waals surface area contributed by atoms with Crippen LogP contribution in [-0.4, -0.2) is 45.6 Å². The average molecular weight is 532 g/mol. The fourth-order valence-corrected chi connectivity index (χ4v) is 4.99. The van der Waals surface area contributed by atoms with Crippen molar-refractivity contribution in [2.45, 2.75) is 71.1 Å². The highest BCUT2D eigenvalue weighted by Crippen LogP contribution is 2.26. The van der Waals surface area contributed by atoms with E-state index in [-0.39, 0.29) is 24.3 Å². The van der Waals surface area contributed by atoms with E-state index in [1.165, 1.54) is 11.1 Å². The fraction of sp³-hybridized carbons (Fsp3) is 0.452. The summed E-state index contributed by atoms with van der Waals surface area (Å²) in [7, 11) is 0. The Morgan fingerprint density at radius 2 is 1.72 bits per heavy atom. The van der Waals surface area contributed by atoms with Gasteiger partial charge in [-0.3, -0.25) is 4.57 Å². The number of aliphatic imine (C=N–C) groups is 1. The Balaban J connectivity index is 1.18. The van der Waals surface area contributed by atoms with Crippen molar-refractivity contribution in [3.05, 3.63) is 93.3 Å². The van der Waals surface area contributed by atoms with Gasteiger partial charge in [-0.2, -0.15) is 5.10 Å². The van der Waals surface area contributed by atoms with Crippen molar-refractivity contribution >= 4 is 11.4 Å². The number of nitrogens with one attached hydrogen (secondary N) is 1. The molecule has 3 aromatic rings. The Morgan fingerprint density at radius 3 is 2.28 bits per heavy atom. The Bertz CT molecular complexity index is 1420. The van der Waals surface area contributed by atoms with Crippen molar-refractivity contribution in [2.24, 2.45) is 4.99 Å². The number of amidine groups is 1. The van der Waals surface area contributed by atoms with Gasteiger partial charge in [0.1, 0.15) is 11.7 Å². The molecule has 2 aliphatic heterocycles. The van der Waals surface area contributed by atoms with E-state index in [0.29, 0.717) is 25.5 Å². The molecule has 206 valence electrons. The smallest absolute Gasteiger partial charge is 0.346 e. The number of hydrogen-bond acceptors (Lipinski definition) is 5. The molecule has 0 bridgehead atoms. The molecule has 1 N–H and O–H groups in total. The van der Waals surface area contributed by atoms with Crippen LogP contribution in [0.15, 0.2) is 64.5 Å². The highest BCUT2D eigenvalue weighted by atomic mass is 19.1. The molecule has 0 amide bonds. The van der Waals surface area contributed by atoms with Crippen molar-refractivity contribution < 1.29 is 9.13 Å². The van der Waals surface area contributed by atoms with E-state index >= 15 is 0 Å². The van der Waals surface area contributed by atoms with Crippen molar-refractivity contribution in [2.75, 3.05) is 19.8 Å². The molecule has 5 rings (SSSR count). The van der Waals surface area contributed by atoms with Gasteiger partial charge in [-0.05, 0) is 53.0 Å². The Labute approximate surface area is 229 Å². The highest BCUT2D eigenvalue weighted by Gasteiger charge is 2.44. The number of nitrogens with zero attached hydrogens (tertiary/aromatic N) is 4. The first kappa shape index (κ1) is 27.1. The van der Waals surface area contributed by atoms with Crippen LogP contribution in [-0.2, 0) is 36.1 Å². The average Bonchev–Trinajstić information content (AvgIpc) is 3.21. The Morgan fingerprint density at radius 1 is 1.03 bits per heavy atom. The van der Waals surface area contributed by atoms with Gasteiger partial charge in [0, 0.05) is 25.7 Å². The van der Waals surface area contributed by atoms with Crippen LogP contribution in [0.3, 0.4) is 0 Å². The quantitative estimate of drug-likeness (QED) is 0.436. The van der Waals surface area contributed by atoms with Gasteiger partial charge < -0.3 is 10.1 Å². The van der Waals surface area contributed by atoms with Gasteiger partial charge in [0.15, 0.2) is 0 Å². The summed E-state index contributed by atoms with van der Waals surface area (Å²) in [6, 6.07) is 16.9. The molecule has 8 heteroatoms. The number of aromatic nitrogens is 3. The van der Waals surface area contributed by atoms with Crippen molar-refractivity contribution in [1.82, 2.24) is 19.7 Å². The minimum atomic E-state index is -1.47. The van der Waals surface area contributed by atoms with Crippen LogP contribution in [0, 0.1) is 0 Å². The first-order valence-electron chi connectivity index (χ1n) is 13.8. The van der Waals surface area contributed by atoms with Gasteiger partial charge in [-0.1, -0.05) is 69.3 Å². The van der Waals surface area contributed by atoms with Crippen LogP contribution in [0.5, 0.6) is 0 Å². The predicted molar refractivity (Wildman–Crippen MR) is 153 cm³/mol. The lowest BCUT2D eigenvalue weighted by molar-refractivity contribution is -0.0886. The lowest BCUT2D eigenvalue weighted by atomic mass is 9.87. The molecule has 2 aromatic carbocycles. The van der Waals surface area contributed by atoms with E-state index in [1.54, 1.807) is 15.4 Å². The number of benzene rings is 2. The van der Waals surface area contributed by atoms with Gasteiger partial charge in [0.2, 0.25) is 5.67 Å². The minimum Gasteiger partial charge on any atom is -0.374 e. The molecule has 0 unspecified atom stereocenters. The summed E-state index contributed by atoms with van der Waals surface area (Å²) in [5.74, 6) is 1.19. The molecule has 0 spiro atoms. The maximum atomic E-state index is 14.5. The molecule has 0 aliphatic carbocycles. The van der Waals surface area contributed by atoms with Crippen molar-refractivity contribution in [3.8, 4) is 0 Å². The van der Waals surface area contributed by atoms with E-state index < -0.39 is 5.67 Å². The second kappa shape index (κ2) is 10.9. The molecule has 0 atom stereocenters. The summed E-state index contributed by atoms with van der Waals surface area (Å²) >= 11 is 0. The first-order chi connectivity index (χ1) is 18.7. The summed E-state index contributed by atoms with van der Waals surface area (Å²) in [5.41, 5.74) is 4.24. The summed E-state index contributed by atoms with van der Waals surface area (Å²) in [6.45, 7) is 10.3. The molecule has 39 heavy (non-hydrogen) atoms. The fourth-order valence-electron chi connectivity index (χ4n) is 4.99. The number of hydrogen-bond donors (Lipinski definition) is 1. The summed E-state index contributed by atoms with van der Waals surface area (Å²) in [6.07, 6.45) is 4.28. The number of rotatable bonds is 9. The SMILES string of the molecule is CCn1c(CCCc2ccc(C3=CN=C(C4(F)COC4)NC3)cc2)nn(Cc2ccc(C(C)(C)C)cc2)c1=O. The van der Waals surface area contributed by atoms with E-state index in [1.807, 2.05) is 6.92 Å².